The van der Waals surface area contributed by atoms with Crippen LogP contribution in [0.2, 0.25) is 0 Å². The molecule has 2 rings (SSSR count). The lowest BCUT2D eigenvalue weighted by molar-refractivity contribution is 0.232. The number of aromatic nitrogens is 1. The van der Waals surface area contributed by atoms with Crippen LogP contribution < -0.4 is 10.5 Å². The predicted octanol–water partition coefficient (Wildman–Crippen LogP) is 1.58. The minimum absolute atomic E-state index is 0.0268. The summed E-state index contributed by atoms with van der Waals surface area (Å²) < 4.78 is 5.65. The third-order valence-corrected chi connectivity index (χ3v) is 3.14. The lowest BCUT2D eigenvalue weighted by Gasteiger charge is -2.15. The highest BCUT2D eigenvalue weighted by Gasteiger charge is 2.11. The van der Waals surface area contributed by atoms with Gasteiger partial charge in [0.1, 0.15) is 6.61 Å². The molecule has 0 aliphatic carbocycles. The first-order valence-electron chi connectivity index (χ1n) is 6.32. The molecule has 4 heteroatoms. The maximum atomic E-state index is 5.82. The highest BCUT2D eigenvalue weighted by atomic mass is 16.5. The van der Waals surface area contributed by atoms with Gasteiger partial charge in [-0.1, -0.05) is 0 Å². The van der Waals surface area contributed by atoms with Crippen LogP contribution in [0.15, 0.2) is 18.3 Å². The van der Waals surface area contributed by atoms with E-state index in [1.807, 2.05) is 19.1 Å². The van der Waals surface area contributed by atoms with E-state index in [9.17, 15) is 0 Å². The normalized spacial score (nSPS) is 18.2. The Morgan fingerprint density at radius 2 is 2.24 bits per heavy atom. The number of likely N-dealkylation sites (tertiary alicyclic amines) is 1. The number of nitrogens with zero attached hydrogens (tertiary/aromatic N) is 2. The predicted molar refractivity (Wildman–Crippen MR) is 68.0 cm³/mol. The molecule has 1 aromatic heterocycles. The minimum Gasteiger partial charge on any atom is -0.476 e. The maximum Gasteiger partial charge on any atom is 0.213 e. The van der Waals surface area contributed by atoms with E-state index in [1.165, 1.54) is 25.9 Å². The van der Waals surface area contributed by atoms with Crippen LogP contribution in [-0.4, -0.2) is 36.1 Å². The van der Waals surface area contributed by atoms with Gasteiger partial charge in [0.2, 0.25) is 5.88 Å². The van der Waals surface area contributed by atoms with Crippen molar-refractivity contribution in [3.63, 3.8) is 0 Å². The highest BCUT2D eigenvalue weighted by Crippen LogP contribution is 2.14. The Morgan fingerprint density at radius 3 is 2.94 bits per heavy atom. The molecule has 0 radical (unpaired) electrons. The van der Waals surface area contributed by atoms with E-state index in [2.05, 4.69) is 9.88 Å². The largest absolute Gasteiger partial charge is 0.476 e. The molecule has 0 spiro atoms. The number of ether oxygens (including phenoxy) is 1. The van der Waals surface area contributed by atoms with Crippen LogP contribution in [0.5, 0.6) is 5.88 Å². The van der Waals surface area contributed by atoms with Crippen LogP contribution in [0.1, 0.15) is 31.4 Å². The molecule has 2 heterocycles. The van der Waals surface area contributed by atoms with Crippen molar-refractivity contribution in [3.8, 4) is 5.88 Å². The van der Waals surface area contributed by atoms with Crippen LogP contribution in [0.3, 0.4) is 0 Å². The number of hydrogen-bond acceptors (Lipinski definition) is 4. The summed E-state index contributed by atoms with van der Waals surface area (Å²) in [5, 5.41) is 0. The quantitative estimate of drug-likeness (QED) is 0.841. The average molecular weight is 235 g/mol. The zero-order chi connectivity index (χ0) is 12.1. The van der Waals surface area contributed by atoms with Gasteiger partial charge in [-0.2, -0.15) is 0 Å². The van der Waals surface area contributed by atoms with E-state index in [0.29, 0.717) is 12.5 Å². The van der Waals surface area contributed by atoms with Crippen molar-refractivity contribution in [2.45, 2.75) is 25.8 Å². The van der Waals surface area contributed by atoms with E-state index >= 15 is 0 Å². The first kappa shape index (κ1) is 12.3. The Morgan fingerprint density at radius 1 is 1.47 bits per heavy atom. The van der Waals surface area contributed by atoms with E-state index in [1.54, 1.807) is 6.20 Å². The van der Waals surface area contributed by atoms with Gasteiger partial charge in [-0.3, -0.25) is 4.90 Å². The van der Waals surface area contributed by atoms with Gasteiger partial charge in [0.25, 0.3) is 0 Å². The second-order valence-corrected chi connectivity index (χ2v) is 4.61. The van der Waals surface area contributed by atoms with E-state index < -0.39 is 0 Å². The van der Waals surface area contributed by atoms with Gasteiger partial charge in [-0.25, -0.2) is 4.98 Å². The van der Waals surface area contributed by atoms with Crippen LogP contribution in [0.4, 0.5) is 0 Å². The van der Waals surface area contributed by atoms with Crippen molar-refractivity contribution in [1.29, 1.82) is 0 Å². The highest BCUT2D eigenvalue weighted by molar-refractivity contribution is 5.22. The van der Waals surface area contributed by atoms with Crippen LogP contribution in [-0.2, 0) is 0 Å². The molecular formula is C13H21N3O. The third-order valence-electron chi connectivity index (χ3n) is 3.14. The standard InChI is InChI=1S/C13H21N3O/c1-11(14)12-4-5-15-13(10-12)17-9-8-16-6-2-3-7-16/h4-5,10-11H,2-3,6-9,14H2,1H3. The summed E-state index contributed by atoms with van der Waals surface area (Å²) in [6.07, 6.45) is 4.39. The van der Waals surface area contributed by atoms with Gasteiger partial charge in [0, 0.05) is 24.8 Å². The van der Waals surface area contributed by atoms with Crippen LogP contribution in [0.25, 0.3) is 0 Å². The molecule has 17 heavy (non-hydrogen) atoms. The minimum atomic E-state index is 0.0268. The topological polar surface area (TPSA) is 51.4 Å². The molecule has 0 saturated carbocycles. The van der Waals surface area contributed by atoms with Crippen molar-refractivity contribution in [2.24, 2.45) is 5.73 Å². The summed E-state index contributed by atoms with van der Waals surface area (Å²) >= 11 is 0. The number of pyridine rings is 1. The molecular weight excluding hydrogens is 214 g/mol. The van der Waals surface area contributed by atoms with Crippen molar-refractivity contribution in [1.82, 2.24) is 9.88 Å². The molecule has 4 nitrogen and oxygen atoms in total. The summed E-state index contributed by atoms with van der Waals surface area (Å²) in [6.45, 7) is 6.07. The fourth-order valence-corrected chi connectivity index (χ4v) is 2.07. The maximum absolute atomic E-state index is 5.82. The van der Waals surface area contributed by atoms with Crippen molar-refractivity contribution in [2.75, 3.05) is 26.2 Å². The molecule has 1 aliphatic heterocycles. The van der Waals surface area contributed by atoms with Crippen molar-refractivity contribution < 1.29 is 4.74 Å². The van der Waals surface area contributed by atoms with E-state index in [4.69, 9.17) is 10.5 Å². The average Bonchev–Trinajstić information content (AvgIpc) is 2.82. The zero-order valence-electron chi connectivity index (χ0n) is 10.4. The number of nitrogens with two attached hydrogens (primary N) is 1. The molecule has 1 saturated heterocycles. The van der Waals surface area contributed by atoms with Gasteiger partial charge >= 0.3 is 0 Å². The fraction of sp³-hybridized carbons (Fsp3) is 0.615. The number of rotatable bonds is 5. The lowest BCUT2D eigenvalue weighted by Crippen LogP contribution is -2.25. The Kier molecular flexibility index (Phi) is 4.34. The second-order valence-electron chi connectivity index (χ2n) is 4.61. The summed E-state index contributed by atoms with van der Waals surface area (Å²) in [4.78, 5) is 6.62. The lowest BCUT2D eigenvalue weighted by atomic mass is 10.1. The molecule has 1 fully saturated rings. The van der Waals surface area contributed by atoms with Gasteiger partial charge in [0.15, 0.2) is 0 Å². The summed E-state index contributed by atoms with van der Waals surface area (Å²) in [7, 11) is 0. The van der Waals surface area contributed by atoms with Crippen molar-refractivity contribution in [3.05, 3.63) is 23.9 Å². The first-order valence-corrected chi connectivity index (χ1v) is 6.32. The number of hydrogen-bond donors (Lipinski definition) is 1. The molecule has 1 aliphatic rings. The zero-order valence-corrected chi connectivity index (χ0v) is 10.4. The second kappa shape index (κ2) is 5.98. The van der Waals surface area contributed by atoms with Crippen molar-refractivity contribution >= 4 is 0 Å². The first-order chi connectivity index (χ1) is 8.25. The Bertz CT molecular complexity index is 348. The molecule has 94 valence electrons. The molecule has 0 bridgehead atoms. The van der Waals surface area contributed by atoms with E-state index in [-0.39, 0.29) is 6.04 Å². The molecule has 2 N–H and O–H groups in total. The van der Waals surface area contributed by atoms with Crippen LogP contribution >= 0.6 is 0 Å². The summed E-state index contributed by atoms with van der Waals surface area (Å²) in [5.41, 5.74) is 6.89. The molecule has 1 unspecified atom stereocenters. The van der Waals surface area contributed by atoms with Gasteiger partial charge in [-0.05, 0) is 44.5 Å². The fourth-order valence-electron chi connectivity index (χ4n) is 2.07. The molecule has 1 aromatic rings. The molecule has 1 atom stereocenters. The van der Waals surface area contributed by atoms with Gasteiger partial charge < -0.3 is 10.5 Å². The van der Waals surface area contributed by atoms with Gasteiger partial charge in [0.05, 0.1) is 0 Å². The SMILES string of the molecule is CC(N)c1ccnc(OCCN2CCCC2)c1. The smallest absolute Gasteiger partial charge is 0.213 e. The Balaban J connectivity index is 1.79. The third kappa shape index (κ3) is 3.68. The van der Waals surface area contributed by atoms with Gasteiger partial charge in [-0.15, -0.1) is 0 Å². The summed E-state index contributed by atoms with van der Waals surface area (Å²) in [5.74, 6) is 0.680. The summed E-state index contributed by atoms with van der Waals surface area (Å²) in [6, 6.07) is 3.88. The van der Waals surface area contributed by atoms with E-state index in [0.717, 1.165) is 12.1 Å². The molecule has 0 aromatic carbocycles. The Hall–Kier alpha value is -1.13. The molecule has 0 amide bonds. The monoisotopic (exact) mass is 235 g/mol. The van der Waals surface area contributed by atoms with Crippen LogP contribution in [0, 0.1) is 0 Å². The Labute approximate surface area is 103 Å².